The smallest absolute Gasteiger partial charge is 0.244 e. The second-order valence-electron chi connectivity index (χ2n) is 9.82. The van der Waals surface area contributed by atoms with Gasteiger partial charge in [-0.1, -0.05) is 68.1 Å². The number of amides is 2. The fraction of sp³-hybridized carbons (Fsp3) is 0.500. The van der Waals surface area contributed by atoms with Crippen molar-refractivity contribution in [2.45, 2.75) is 77.9 Å². The minimum absolute atomic E-state index is 0.120. The molecule has 0 heterocycles. The van der Waals surface area contributed by atoms with Gasteiger partial charge in [0, 0.05) is 12.6 Å². The number of sulfonamides is 1. The molecule has 1 aliphatic carbocycles. The fourth-order valence-corrected chi connectivity index (χ4v) is 5.52. The quantitative estimate of drug-likeness (QED) is 0.516. The molecule has 1 aliphatic rings. The van der Waals surface area contributed by atoms with Crippen LogP contribution in [0.2, 0.25) is 0 Å². The van der Waals surface area contributed by atoms with E-state index in [0.29, 0.717) is 5.69 Å². The molecule has 2 amide bonds. The third-order valence-corrected chi connectivity index (χ3v) is 8.01. The molecule has 0 spiro atoms. The van der Waals surface area contributed by atoms with Crippen LogP contribution in [0.1, 0.15) is 62.6 Å². The van der Waals surface area contributed by atoms with Crippen molar-refractivity contribution in [3.05, 3.63) is 65.2 Å². The molecule has 0 aromatic heterocycles. The SMILES string of the molecule is CCc1ccc(N(CC(=O)N(Cc2cccc(C)c2)[C@@H](C)C(=O)NC2CCCCC2)S(C)(=O)=O)cc1. The summed E-state index contributed by atoms with van der Waals surface area (Å²) in [7, 11) is -3.73. The van der Waals surface area contributed by atoms with Crippen molar-refractivity contribution < 1.29 is 18.0 Å². The number of aryl methyl sites for hydroxylation is 2. The number of benzene rings is 2. The van der Waals surface area contributed by atoms with Crippen LogP contribution >= 0.6 is 0 Å². The number of carbonyl (C=O) groups is 2. The van der Waals surface area contributed by atoms with Crippen LogP contribution in [0.5, 0.6) is 0 Å². The maximum atomic E-state index is 13.7. The first-order valence-electron chi connectivity index (χ1n) is 12.8. The molecule has 196 valence electrons. The Labute approximate surface area is 215 Å². The Morgan fingerprint density at radius 3 is 2.28 bits per heavy atom. The zero-order valence-electron chi connectivity index (χ0n) is 21.9. The first kappa shape index (κ1) is 27.7. The van der Waals surface area contributed by atoms with Crippen molar-refractivity contribution in [2.75, 3.05) is 17.1 Å². The summed E-state index contributed by atoms with van der Waals surface area (Å²) in [4.78, 5) is 28.4. The predicted molar refractivity (Wildman–Crippen MR) is 144 cm³/mol. The third-order valence-electron chi connectivity index (χ3n) is 6.87. The second kappa shape index (κ2) is 12.4. The number of nitrogens with one attached hydrogen (secondary N) is 1. The topological polar surface area (TPSA) is 86.8 Å². The molecule has 7 nitrogen and oxygen atoms in total. The lowest BCUT2D eigenvalue weighted by molar-refractivity contribution is -0.139. The zero-order valence-corrected chi connectivity index (χ0v) is 22.7. The van der Waals surface area contributed by atoms with Gasteiger partial charge in [0.15, 0.2) is 0 Å². The summed E-state index contributed by atoms with van der Waals surface area (Å²) in [6, 6.07) is 14.3. The highest BCUT2D eigenvalue weighted by atomic mass is 32.2. The van der Waals surface area contributed by atoms with Crippen LogP contribution in [-0.2, 0) is 32.6 Å². The Kier molecular flexibility index (Phi) is 9.54. The Hall–Kier alpha value is -2.87. The predicted octanol–water partition coefficient (Wildman–Crippen LogP) is 4.19. The first-order valence-corrected chi connectivity index (χ1v) is 14.7. The van der Waals surface area contributed by atoms with Crippen LogP contribution < -0.4 is 9.62 Å². The molecular formula is C28H39N3O4S. The van der Waals surface area contributed by atoms with E-state index in [-0.39, 0.29) is 25.0 Å². The second-order valence-corrected chi connectivity index (χ2v) is 11.7. The van der Waals surface area contributed by atoms with Gasteiger partial charge in [0.1, 0.15) is 12.6 Å². The van der Waals surface area contributed by atoms with E-state index >= 15 is 0 Å². The van der Waals surface area contributed by atoms with Crippen molar-refractivity contribution in [2.24, 2.45) is 0 Å². The van der Waals surface area contributed by atoms with Crippen molar-refractivity contribution >= 4 is 27.5 Å². The summed E-state index contributed by atoms with van der Waals surface area (Å²) in [5, 5.41) is 3.11. The van der Waals surface area contributed by atoms with E-state index in [2.05, 4.69) is 5.32 Å². The molecule has 0 aliphatic heterocycles. The van der Waals surface area contributed by atoms with E-state index in [1.54, 1.807) is 19.1 Å². The Bertz CT molecular complexity index is 1140. The Morgan fingerprint density at radius 1 is 1.03 bits per heavy atom. The monoisotopic (exact) mass is 513 g/mol. The molecule has 0 saturated heterocycles. The van der Waals surface area contributed by atoms with Gasteiger partial charge >= 0.3 is 0 Å². The minimum atomic E-state index is -3.73. The van der Waals surface area contributed by atoms with Crippen LogP contribution in [-0.4, -0.2) is 50.0 Å². The van der Waals surface area contributed by atoms with Crippen molar-refractivity contribution in [3.63, 3.8) is 0 Å². The molecule has 2 aromatic rings. The summed E-state index contributed by atoms with van der Waals surface area (Å²) < 4.78 is 26.5. The van der Waals surface area contributed by atoms with Crippen LogP contribution in [0, 0.1) is 6.92 Å². The van der Waals surface area contributed by atoms with E-state index in [1.165, 1.54) is 11.3 Å². The highest BCUT2D eigenvalue weighted by molar-refractivity contribution is 7.92. The zero-order chi connectivity index (χ0) is 26.3. The number of hydrogen-bond acceptors (Lipinski definition) is 4. The van der Waals surface area contributed by atoms with Crippen molar-refractivity contribution in [3.8, 4) is 0 Å². The van der Waals surface area contributed by atoms with Gasteiger partial charge in [-0.05, 0) is 56.4 Å². The van der Waals surface area contributed by atoms with E-state index in [9.17, 15) is 18.0 Å². The van der Waals surface area contributed by atoms with Gasteiger partial charge in [0.25, 0.3) is 0 Å². The lowest BCUT2D eigenvalue weighted by Gasteiger charge is -2.33. The summed E-state index contributed by atoms with van der Waals surface area (Å²) in [6.45, 7) is 5.55. The molecule has 1 saturated carbocycles. The molecule has 1 fully saturated rings. The fourth-order valence-electron chi connectivity index (χ4n) is 4.67. The number of rotatable bonds is 10. The maximum absolute atomic E-state index is 13.7. The normalized spacial score (nSPS) is 15.2. The van der Waals surface area contributed by atoms with Crippen molar-refractivity contribution in [1.29, 1.82) is 0 Å². The van der Waals surface area contributed by atoms with Gasteiger partial charge in [-0.25, -0.2) is 8.42 Å². The molecule has 1 N–H and O–H groups in total. The first-order chi connectivity index (χ1) is 17.1. The van der Waals surface area contributed by atoms with Crippen LogP contribution in [0.4, 0.5) is 5.69 Å². The lowest BCUT2D eigenvalue weighted by atomic mass is 9.95. The van der Waals surface area contributed by atoms with Gasteiger partial charge in [0.05, 0.1) is 11.9 Å². The van der Waals surface area contributed by atoms with Gasteiger partial charge < -0.3 is 10.2 Å². The van der Waals surface area contributed by atoms with E-state index in [4.69, 9.17) is 0 Å². The highest BCUT2D eigenvalue weighted by Crippen LogP contribution is 2.21. The molecular weight excluding hydrogens is 474 g/mol. The molecule has 2 aromatic carbocycles. The average molecular weight is 514 g/mol. The summed E-state index contributed by atoms with van der Waals surface area (Å²) in [6.07, 6.45) is 7.17. The van der Waals surface area contributed by atoms with Gasteiger partial charge in [-0.15, -0.1) is 0 Å². The molecule has 3 rings (SSSR count). The number of anilines is 1. The average Bonchev–Trinajstić information content (AvgIpc) is 2.85. The molecule has 1 atom stereocenters. The van der Waals surface area contributed by atoms with Gasteiger partial charge in [0.2, 0.25) is 21.8 Å². The number of hydrogen-bond donors (Lipinski definition) is 1. The third kappa shape index (κ3) is 7.56. The molecule has 0 bridgehead atoms. The number of nitrogens with zero attached hydrogens (tertiary/aromatic N) is 2. The minimum Gasteiger partial charge on any atom is -0.352 e. The molecule has 0 radical (unpaired) electrons. The van der Waals surface area contributed by atoms with E-state index in [1.807, 2.05) is 50.2 Å². The summed E-state index contributed by atoms with van der Waals surface area (Å²) in [5.41, 5.74) is 3.44. The molecule has 36 heavy (non-hydrogen) atoms. The van der Waals surface area contributed by atoms with E-state index < -0.39 is 22.0 Å². The summed E-state index contributed by atoms with van der Waals surface area (Å²) >= 11 is 0. The van der Waals surface area contributed by atoms with Gasteiger partial charge in [-0.3, -0.25) is 13.9 Å². The largest absolute Gasteiger partial charge is 0.352 e. The standard InChI is InChI=1S/C28H39N3O4S/c1-5-23-14-16-26(17-15-23)31(36(4,34)35)20-27(32)30(19-24-11-9-10-21(2)18-24)22(3)28(33)29-25-12-7-6-8-13-25/h9-11,14-18,22,25H,5-8,12-13,19-20H2,1-4H3,(H,29,33)/t22-/m0/s1. The Morgan fingerprint density at radius 2 is 1.69 bits per heavy atom. The lowest BCUT2D eigenvalue weighted by Crippen LogP contribution is -2.52. The maximum Gasteiger partial charge on any atom is 0.244 e. The van der Waals surface area contributed by atoms with Crippen LogP contribution in [0.25, 0.3) is 0 Å². The van der Waals surface area contributed by atoms with Crippen molar-refractivity contribution in [1.82, 2.24) is 10.2 Å². The molecule has 0 unspecified atom stereocenters. The summed E-state index contributed by atoms with van der Waals surface area (Å²) in [5.74, 6) is -0.631. The van der Waals surface area contributed by atoms with Crippen LogP contribution in [0.15, 0.2) is 48.5 Å². The van der Waals surface area contributed by atoms with Crippen LogP contribution in [0.3, 0.4) is 0 Å². The Balaban J connectivity index is 1.86. The highest BCUT2D eigenvalue weighted by Gasteiger charge is 2.31. The molecule has 8 heteroatoms. The van der Waals surface area contributed by atoms with Gasteiger partial charge in [-0.2, -0.15) is 0 Å². The van der Waals surface area contributed by atoms with E-state index in [0.717, 1.165) is 59.4 Å². The number of carbonyl (C=O) groups excluding carboxylic acids is 2.